The van der Waals surface area contributed by atoms with Crippen LogP contribution in [0.4, 0.5) is 0 Å². The summed E-state index contributed by atoms with van der Waals surface area (Å²) in [5.74, 6) is 0.00304. The summed E-state index contributed by atoms with van der Waals surface area (Å²) >= 11 is 5.95. The van der Waals surface area contributed by atoms with Crippen molar-refractivity contribution in [2.45, 2.75) is 51.2 Å². The van der Waals surface area contributed by atoms with Gasteiger partial charge in [0.2, 0.25) is 0 Å². The van der Waals surface area contributed by atoms with Gasteiger partial charge in [-0.15, -0.1) is 0 Å². The summed E-state index contributed by atoms with van der Waals surface area (Å²) in [5, 5.41) is 12.5. The number of piperidine rings is 1. The normalized spacial score (nSPS) is 18.8. The molecule has 3 atom stereocenters. The van der Waals surface area contributed by atoms with Crippen molar-refractivity contribution in [1.29, 1.82) is 5.26 Å². The Morgan fingerprint density at radius 3 is 2.09 bits per heavy atom. The van der Waals surface area contributed by atoms with E-state index in [1.54, 1.807) is 20.3 Å². The highest BCUT2D eigenvalue weighted by atomic mass is 32.1. The van der Waals surface area contributed by atoms with Gasteiger partial charge in [0.15, 0.2) is 0 Å². The Morgan fingerprint density at radius 1 is 0.977 bits per heavy atom. The van der Waals surface area contributed by atoms with Gasteiger partial charge < -0.3 is 23.5 Å². The highest BCUT2D eigenvalue weighted by Crippen LogP contribution is 2.39. The van der Waals surface area contributed by atoms with Gasteiger partial charge in [-0.3, -0.25) is 4.79 Å². The molecule has 0 aromatic heterocycles. The first-order valence-electron chi connectivity index (χ1n) is 14.8. The zero-order valence-electron chi connectivity index (χ0n) is 26.4. The summed E-state index contributed by atoms with van der Waals surface area (Å²) in [5.41, 5.74) is 0.841. The van der Waals surface area contributed by atoms with Gasteiger partial charge in [0, 0.05) is 24.8 Å². The maximum atomic E-state index is 13.3. The zero-order chi connectivity index (χ0) is 31.9. The molecule has 0 bridgehead atoms. The number of nitriles is 1. The molecule has 3 aromatic carbocycles. The quantitative estimate of drug-likeness (QED) is 0.156. The molecular weight excluding hydrogens is 589 g/mol. The van der Waals surface area contributed by atoms with Crippen LogP contribution >= 0.6 is 12.2 Å². The third kappa shape index (κ3) is 6.68. The monoisotopic (exact) mass is 630 g/mol. The lowest BCUT2D eigenvalue weighted by Gasteiger charge is -2.44. The Hall–Kier alpha value is -3.71. The van der Waals surface area contributed by atoms with Crippen LogP contribution in [0, 0.1) is 23.2 Å². The molecule has 0 N–H and O–H groups in total. The van der Waals surface area contributed by atoms with Crippen LogP contribution in [0.2, 0.25) is 5.04 Å². The fourth-order valence-corrected chi connectivity index (χ4v) is 11.5. The molecule has 1 aliphatic heterocycles. The number of esters is 1. The summed E-state index contributed by atoms with van der Waals surface area (Å²) < 4.78 is 23.3. The van der Waals surface area contributed by atoms with Gasteiger partial charge in [0.1, 0.15) is 23.5 Å². The Bertz CT molecular complexity index is 1430. The van der Waals surface area contributed by atoms with Crippen molar-refractivity contribution in [3.8, 4) is 17.6 Å². The molecule has 7 nitrogen and oxygen atoms in total. The van der Waals surface area contributed by atoms with Crippen LogP contribution < -0.4 is 19.8 Å². The molecular formula is C35H42N2O5SSi. The number of hydrogen-bond acceptors (Lipinski definition) is 7. The second kappa shape index (κ2) is 14.4. The highest BCUT2D eigenvalue weighted by Gasteiger charge is 2.51. The molecule has 1 heterocycles. The number of carbonyl (C=O) groups excluding carboxylic acids is 1. The van der Waals surface area contributed by atoms with Gasteiger partial charge in [-0.1, -0.05) is 93.7 Å². The minimum atomic E-state index is -2.77. The molecule has 1 aliphatic rings. The largest absolute Gasteiger partial charge is 0.497 e. The molecule has 0 saturated carbocycles. The molecule has 0 amide bonds. The standard InChI is InChI=1S/C35H42N2O5SSi/c1-35(2,3)44(29-13-9-7-10-14-29,30-15-11-8-12-16-30)42-20-19-25-21-27(23-36)37(33(43)32(25)34(38)41-6)24-26-17-18-28(39-4)22-31(26)40-5/h7-18,22,25,27,32H,19-21,24H2,1-6H3/t25-,27?,32?/m1/s1. The van der Waals surface area contributed by atoms with Gasteiger partial charge >= 0.3 is 5.97 Å². The number of ether oxygens (including phenoxy) is 3. The van der Waals surface area contributed by atoms with Gasteiger partial charge in [0.25, 0.3) is 8.32 Å². The van der Waals surface area contributed by atoms with Crippen LogP contribution in [0.15, 0.2) is 78.9 Å². The second-order valence-electron chi connectivity index (χ2n) is 12.1. The van der Waals surface area contributed by atoms with E-state index in [1.165, 1.54) is 17.5 Å². The van der Waals surface area contributed by atoms with E-state index in [-0.39, 0.29) is 11.0 Å². The van der Waals surface area contributed by atoms with E-state index in [0.29, 0.717) is 42.5 Å². The summed E-state index contributed by atoms with van der Waals surface area (Å²) in [6.45, 7) is 7.46. The van der Waals surface area contributed by atoms with E-state index in [1.807, 2.05) is 29.2 Å². The third-order valence-corrected chi connectivity index (χ3v) is 14.1. The Labute approximate surface area is 267 Å². The molecule has 1 fully saturated rings. The van der Waals surface area contributed by atoms with Crippen LogP contribution in [0.25, 0.3) is 0 Å². The summed E-state index contributed by atoms with van der Waals surface area (Å²) in [6, 6.07) is 28.4. The van der Waals surface area contributed by atoms with Crippen molar-refractivity contribution in [3.63, 3.8) is 0 Å². The fourth-order valence-electron chi connectivity index (χ4n) is 6.39. The van der Waals surface area contributed by atoms with E-state index in [0.717, 1.165) is 5.56 Å². The molecule has 0 aliphatic carbocycles. The average molecular weight is 631 g/mol. The Kier molecular flexibility index (Phi) is 10.8. The predicted octanol–water partition coefficient (Wildman–Crippen LogP) is 5.50. The third-order valence-electron chi connectivity index (χ3n) is 8.59. The summed E-state index contributed by atoms with van der Waals surface area (Å²) in [6.07, 6.45) is 1.02. The molecule has 3 aromatic rings. The number of methoxy groups -OCH3 is 3. The molecule has 0 radical (unpaired) electrons. The van der Waals surface area contributed by atoms with E-state index in [4.69, 9.17) is 30.9 Å². The van der Waals surface area contributed by atoms with Crippen LogP contribution in [0.5, 0.6) is 11.5 Å². The molecule has 2 unspecified atom stereocenters. The van der Waals surface area contributed by atoms with Crippen LogP contribution in [-0.4, -0.2) is 58.2 Å². The maximum Gasteiger partial charge on any atom is 0.315 e. The number of benzene rings is 3. The number of hydrogen-bond donors (Lipinski definition) is 0. The van der Waals surface area contributed by atoms with Gasteiger partial charge in [-0.2, -0.15) is 5.26 Å². The first-order valence-corrected chi connectivity index (χ1v) is 17.2. The molecule has 0 spiro atoms. The van der Waals surface area contributed by atoms with E-state index >= 15 is 0 Å². The zero-order valence-corrected chi connectivity index (χ0v) is 28.2. The molecule has 232 valence electrons. The van der Waals surface area contributed by atoms with Gasteiger partial charge in [0.05, 0.1) is 32.4 Å². The number of thiocarbonyl (C=S) groups is 1. The van der Waals surface area contributed by atoms with E-state index < -0.39 is 26.2 Å². The predicted molar refractivity (Wildman–Crippen MR) is 179 cm³/mol. The number of rotatable bonds is 11. The number of likely N-dealkylation sites (tertiary alicyclic amines) is 1. The first-order chi connectivity index (χ1) is 21.1. The lowest BCUT2D eigenvalue weighted by molar-refractivity contribution is -0.145. The van der Waals surface area contributed by atoms with Crippen molar-refractivity contribution in [2.75, 3.05) is 27.9 Å². The van der Waals surface area contributed by atoms with Crippen molar-refractivity contribution in [3.05, 3.63) is 84.4 Å². The summed E-state index contributed by atoms with van der Waals surface area (Å²) in [7, 11) is 1.80. The average Bonchev–Trinajstić information content (AvgIpc) is 3.04. The molecule has 44 heavy (non-hydrogen) atoms. The van der Waals surface area contributed by atoms with Crippen LogP contribution in [0.3, 0.4) is 0 Å². The van der Waals surface area contributed by atoms with E-state index in [9.17, 15) is 10.1 Å². The lowest BCUT2D eigenvalue weighted by atomic mass is 9.79. The Balaban J connectivity index is 1.63. The SMILES string of the molecule is COC(=O)C1C(=S)N(Cc2ccc(OC)cc2OC)C(C#N)C[C@H]1CCO[Si](c1ccccc1)(c1ccccc1)C(C)(C)C. The second-order valence-corrected chi connectivity index (χ2v) is 16.8. The minimum Gasteiger partial charge on any atom is -0.497 e. The number of carbonyl (C=O) groups is 1. The minimum absolute atomic E-state index is 0.178. The van der Waals surface area contributed by atoms with Crippen LogP contribution in [-0.2, 0) is 20.5 Å². The van der Waals surface area contributed by atoms with Gasteiger partial charge in [-0.05, 0) is 46.3 Å². The Morgan fingerprint density at radius 2 is 1.59 bits per heavy atom. The lowest BCUT2D eigenvalue weighted by Crippen LogP contribution is -2.66. The fraction of sp³-hybridized carbons (Fsp3) is 0.400. The first kappa shape index (κ1) is 33.2. The number of nitrogens with zero attached hydrogens (tertiary/aromatic N) is 2. The topological polar surface area (TPSA) is 81.0 Å². The molecule has 4 rings (SSSR count). The van der Waals surface area contributed by atoms with Crippen molar-refractivity contribution < 1.29 is 23.4 Å². The van der Waals surface area contributed by atoms with Crippen molar-refractivity contribution >= 4 is 41.9 Å². The van der Waals surface area contributed by atoms with E-state index in [2.05, 4.69) is 75.4 Å². The maximum absolute atomic E-state index is 13.3. The summed E-state index contributed by atoms with van der Waals surface area (Å²) in [4.78, 5) is 15.5. The molecule has 1 saturated heterocycles. The van der Waals surface area contributed by atoms with Crippen molar-refractivity contribution in [1.82, 2.24) is 4.90 Å². The van der Waals surface area contributed by atoms with Crippen LogP contribution in [0.1, 0.15) is 39.2 Å². The smallest absolute Gasteiger partial charge is 0.315 e. The highest BCUT2D eigenvalue weighted by molar-refractivity contribution is 7.80. The van der Waals surface area contributed by atoms with Crippen molar-refractivity contribution in [2.24, 2.45) is 11.8 Å². The molecule has 9 heteroatoms. The van der Waals surface area contributed by atoms with Gasteiger partial charge in [-0.25, -0.2) is 0 Å².